The zero-order valence-electron chi connectivity index (χ0n) is 13.2. The Morgan fingerprint density at radius 3 is 2.57 bits per heavy atom. The number of aliphatic hydroxyl groups is 2. The van der Waals surface area contributed by atoms with Gasteiger partial charge in [-0.15, -0.1) is 11.6 Å². The first-order valence-corrected chi connectivity index (χ1v) is 9.60. The van der Waals surface area contributed by atoms with Crippen molar-refractivity contribution in [2.24, 2.45) is 5.92 Å². The Labute approximate surface area is 154 Å². The van der Waals surface area contributed by atoms with Crippen molar-refractivity contribution in [2.75, 3.05) is 5.88 Å². The summed E-state index contributed by atoms with van der Waals surface area (Å²) in [6.07, 6.45) is 0.929. The number of nitrogens with one attached hydrogen (secondary N) is 1. The quantitative estimate of drug-likeness (QED) is 0.287. The lowest BCUT2D eigenvalue weighted by molar-refractivity contribution is -0.234. The van der Waals surface area contributed by atoms with Crippen LogP contribution in [-0.2, 0) is 14.3 Å². The van der Waals surface area contributed by atoms with Gasteiger partial charge in [0.05, 0.1) is 12.0 Å². The number of alkyl halides is 2. The maximum Gasteiger partial charge on any atom is 0.339 e. The first kappa shape index (κ1) is 19.2. The molecule has 0 bridgehead atoms. The average Bonchev–Trinajstić information content (AvgIpc) is 2.64. The summed E-state index contributed by atoms with van der Waals surface area (Å²) in [5.41, 5.74) is -2.46. The first-order chi connectivity index (χ1) is 10.7. The number of aliphatic hydroxyl groups excluding tert-OH is 2. The van der Waals surface area contributed by atoms with Crippen LogP contribution in [0.3, 0.4) is 0 Å². The van der Waals surface area contributed by atoms with Crippen LogP contribution >= 0.6 is 34.2 Å². The highest BCUT2D eigenvalue weighted by molar-refractivity contribution is 14.1. The third-order valence-corrected chi connectivity index (χ3v) is 6.52. The predicted octanol–water partition coefficient (Wildman–Crippen LogP) is 1.13. The van der Waals surface area contributed by atoms with E-state index in [1.807, 2.05) is 0 Å². The van der Waals surface area contributed by atoms with E-state index in [2.05, 4.69) is 27.9 Å². The van der Waals surface area contributed by atoms with Crippen LogP contribution < -0.4 is 5.32 Å². The zero-order chi connectivity index (χ0) is 17.4. The van der Waals surface area contributed by atoms with Crippen LogP contribution in [0.2, 0.25) is 0 Å². The minimum absolute atomic E-state index is 0.242. The molecule has 0 aliphatic carbocycles. The third kappa shape index (κ3) is 2.98. The van der Waals surface area contributed by atoms with Crippen LogP contribution in [-0.4, -0.2) is 55.2 Å². The maximum absolute atomic E-state index is 12.3. The summed E-state index contributed by atoms with van der Waals surface area (Å²) >= 11 is 7.85. The van der Waals surface area contributed by atoms with Gasteiger partial charge in [-0.25, -0.2) is 4.79 Å². The van der Waals surface area contributed by atoms with Crippen molar-refractivity contribution in [1.82, 2.24) is 5.32 Å². The molecule has 0 saturated carbocycles. The fraction of sp³-hybridized carbons (Fsp3) is 0.867. The van der Waals surface area contributed by atoms with Crippen molar-refractivity contribution in [3.63, 3.8) is 0 Å². The monoisotopic (exact) mass is 459 g/mol. The molecule has 0 spiro atoms. The standard InChI is InChI=1S/C15H23ClINO5/c1-8(19)4-3-5-10(17)11(20)15-13(22)23-14(15,2)9(6-7-16)12(21)18-15/h8-11,19-20H,3-7H2,1-2H3,(H,18,21)/t8-,9-,10+,11-,14-,15-/m0/s1. The van der Waals surface area contributed by atoms with Gasteiger partial charge in [0.1, 0.15) is 6.10 Å². The Kier molecular flexibility index (Phi) is 5.86. The Bertz CT molecular complexity index is 490. The van der Waals surface area contributed by atoms with Crippen molar-refractivity contribution in [2.45, 2.75) is 66.8 Å². The number of amides is 1. The largest absolute Gasteiger partial charge is 0.453 e. The molecule has 3 N–H and O–H groups in total. The summed E-state index contributed by atoms with van der Waals surface area (Å²) in [5, 5.41) is 22.8. The maximum atomic E-state index is 12.3. The number of fused-ring (bicyclic) bond motifs is 1. The highest BCUT2D eigenvalue weighted by Crippen LogP contribution is 2.53. The van der Waals surface area contributed by atoms with Gasteiger partial charge in [-0.05, 0) is 39.5 Å². The molecule has 6 atom stereocenters. The van der Waals surface area contributed by atoms with E-state index < -0.39 is 35.2 Å². The van der Waals surface area contributed by atoms with Crippen LogP contribution in [0, 0.1) is 5.92 Å². The molecule has 0 aromatic heterocycles. The molecule has 0 aromatic rings. The summed E-state index contributed by atoms with van der Waals surface area (Å²) in [4.78, 5) is 24.5. The molecular formula is C15H23ClINO5. The highest BCUT2D eigenvalue weighted by atomic mass is 127. The van der Waals surface area contributed by atoms with Crippen molar-refractivity contribution < 1.29 is 24.5 Å². The van der Waals surface area contributed by atoms with Crippen molar-refractivity contribution >= 4 is 46.1 Å². The second kappa shape index (κ2) is 7.01. The normalized spacial score (nSPS) is 36.5. The van der Waals surface area contributed by atoms with E-state index in [1.165, 1.54) is 0 Å². The van der Waals surface area contributed by atoms with Crippen LogP contribution in [0.15, 0.2) is 0 Å². The summed E-state index contributed by atoms with van der Waals surface area (Å²) in [6, 6.07) is 0. The number of carbonyl (C=O) groups is 2. The number of hydrogen-bond donors (Lipinski definition) is 3. The second-order valence-electron chi connectivity index (χ2n) is 6.56. The molecule has 2 rings (SSSR count). The Morgan fingerprint density at radius 1 is 1.39 bits per heavy atom. The number of ether oxygens (including phenoxy) is 1. The number of rotatable bonds is 8. The van der Waals surface area contributed by atoms with Gasteiger partial charge in [0.25, 0.3) is 0 Å². The van der Waals surface area contributed by atoms with E-state index >= 15 is 0 Å². The van der Waals surface area contributed by atoms with Crippen molar-refractivity contribution in [1.29, 1.82) is 0 Å². The van der Waals surface area contributed by atoms with E-state index in [9.17, 15) is 19.8 Å². The minimum Gasteiger partial charge on any atom is -0.453 e. The number of carbonyl (C=O) groups excluding carboxylic acids is 2. The lowest BCUT2D eigenvalue weighted by Gasteiger charge is -2.54. The van der Waals surface area contributed by atoms with Crippen LogP contribution in [0.4, 0.5) is 0 Å². The third-order valence-electron chi connectivity index (χ3n) is 5.00. The van der Waals surface area contributed by atoms with Gasteiger partial charge >= 0.3 is 5.97 Å². The van der Waals surface area contributed by atoms with Gasteiger partial charge in [0.2, 0.25) is 11.4 Å². The lowest BCUT2D eigenvalue weighted by atomic mass is 9.67. The highest BCUT2D eigenvalue weighted by Gasteiger charge is 2.79. The van der Waals surface area contributed by atoms with Gasteiger partial charge in [-0.1, -0.05) is 22.6 Å². The van der Waals surface area contributed by atoms with E-state index in [0.29, 0.717) is 19.3 Å². The lowest BCUT2D eigenvalue weighted by Crippen LogP contribution is -2.80. The number of halogens is 2. The molecule has 132 valence electrons. The first-order valence-electron chi connectivity index (χ1n) is 7.82. The molecule has 2 aliphatic rings. The molecule has 0 radical (unpaired) electrons. The Hall–Kier alpha value is -0.120. The second-order valence-corrected chi connectivity index (χ2v) is 8.54. The Balaban J connectivity index is 2.15. The predicted molar refractivity (Wildman–Crippen MR) is 93.5 cm³/mol. The van der Waals surface area contributed by atoms with Crippen LogP contribution in [0.25, 0.3) is 0 Å². The molecular weight excluding hydrogens is 437 g/mol. The van der Waals surface area contributed by atoms with Gasteiger partial charge in [0.15, 0.2) is 5.60 Å². The van der Waals surface area contributed by atoms with E-state index in [-0.39, 0.29) is 15.7 Å². The van der Waals surface area contributed by atoms with Crippen molar-refractivity contribution in [3.8, 4) is 0 Å². The average molecular weight is 460 g/mol. The fourth-order valence-electron chi connectivity index (χ4n) is 3.60. The van der Waals surface area contributed by atoms with Crippen LogP contribution in [0.5, 0.6) is 0 Å². The zero-order valence-corrected chi connectivity index (χ0v) is 16.1. The van der Waals surface area contributed by atoms with Gasteiger partial charge in [-0.3, -0.25) is 4.79 Å². The fourth-order valence-corrected chi connectivity index (χ4v) is 4.80. The van der Waals surface area contributed by atoms with Gasteiger partial charge < -0.3 is 20.3 Å². The SMILES string of the molecule is C[C@H](O)CCC[C@@H](I)[C@H](O)[C@@]12NC(=O)[C@H](CCCl)[C@]1(C)OC2=O. The number of esters is 1. The summed E-state index contributed by atoms with van der Waals surface area (Å²) in [7, 11) is 0. The minimum atomic E-state index is -1.39. The molecule has 8 heteroatoms. The molecule has 2 heterocycles. The molecule has 0 aromatic carbocycles. The molecule has 0 unspecified atom stereocenters. The topological polar surface area (TPSA) is 95.9 Å². The molecule has 1 amide bonds. The molecule has 2 saturated heterocycles. The van der Waals surface area contributed by atoms with Crippen molar-refractivity contribution in [3.05, 3.63) is 0 Å². The molecule has 6 nitrogen and oxygen atoms in total. The molecule has 2 aliphatic heterocycles. The van der Waals surface area contributed by atoms with E-state index in [0.717, 1.165) is 6.42 Å². The van der Waals surface area contributed by atoms with E-state index in [1.54, 1.807) is 13.8 Å². The summed E-state index contributed by atoms with van der Waals surface area (Å²) in [5.74, 6) is -1.16. The Morgan fingerprint density at radius 2 is 2.04 bits per heavy atom. The smallest absolute Gasteiger partial charge is 0.339 e. The summed E-state index contributed by atoms with van der Waals surface area (Å²) < 4.78 is 5.08. The molecule has 2 fully saturated rings. The van der Waals surface area contributed by atoms with Gasteiger partial charge in [-0.2, -0.15) is 0 Å². The van der Waals surface area contributed by atoms with Gasteiger partial charge in [0, 0.05) is 9.80 Å². The van der Waals surface area contributed by atoms with Crippen LogP contribution in [0.1, 0.15) is 39.5 Å². The number of hydrogen-bond acceptors (Lipinski definition) is 5. The molecule has 23 heavy (non-hydrogen) atoms. The summed E-state index contributed by atoms with van der Waals surface area (Å²) in [6.45, 7) is 3.40. The van der Waals surface area contributed by atoms with E-state index in [4.69, 9.17) is 16.3 Å².